The first kappa shape index (κ1) is 13.9. The fraction of sp³-hybridized carbons (Fsp3) is 0.500. The molecule has 0 spiro atoms. The molecule has 5 heteroatoms. The van der Waals surface area contributed by atoms with E-state index in [9.17, 15) is 13.6 Å². The van der Waals surface area contributed by atoms with E-state index in [1.165, 1.54) is 6.07 Å². The van der Waals surface area contributed by atoms with Gasteiger partial charge < -0.3 is 11.1 Å². The third-order valence-electron chi connectivity index (χ3n) is 3.87. The lowest BCUT2D eigenvalue weighted by atomic mass is 9.68. The minimum Gasteiger partial charge on any atom is -0.355 e. The minimum absolute atomic E-state index is 0.0242. The number of amides is 1. The van der Waals surface area contributed by atoms with Crippen LogP contribution in [-0.2, 0) is 11.2 Å². The summed E-state index contributed by atoms with van der Waals surface area (Å²) in [5, 5.41) is 2.82. The summed E-state index contributed by atoms with van der Waals surface area (Å²) in [5.74, 6) is -1.74. The Labute approximate surface area is 111 Å². The molecule has 1 aromatic rings. The number of hydrogen-bond donors (Lipinski definition) is 2. The van der Waals surface area contributed by atoms with Crippen molar-refractivity contribution in [2.75, 3.05) is 13.1 Å². The van der Waals surface area contributed by atoms with Gasteiger partial charge in [0, 0.05) is 13.1 Å². The Balaban J connectivity index is 1.83. The van der Waals surface area contributed by atoms with E-state index in [-0.39, 0.29) is 5.91 Å². The highest BCUT2D eigenvalue weighted by Gasteiger charge is 2.42. The maximum absolute atomic E-state index is 13.0. The van der Waals surface area contributed by atoms with Crippen molar-refractivity contribution in [2.45, 2.75) is 25.7 Å². The van der Waals surface area contributed by atoms with Gasteiger partial charge in [0.2, 0.25) is 5.91 Å². The van der Waals surface area contributed by atoms with Crippen molar-refractivity contribution in [3.63, 3.8) is 0 Å². The fourth-order valence-electron chi connectivity index (χ4n) is 2.33. The van der Waals surface area contributed by atoms with Crippen LogP contribution >= 0.6 is 0 Å². The summed E-state index contributed by atoms with van der Waals surface area (Å²) >= 11 is 0. The number of benzene rings is 1. The van der Waals surface area contributed by atoms with E-state index >= 15 is 0 Å². The number of carbonyl (C=O) groups is 1. The lowest BCUT2D eigenvalue weighted by Crippen LogP contribution is -2.50. The molecule has 104 valence electrons. The van der Waals surface area contributed by atoms with Gasteiger partial charge in [-0.05, 0) is 37.0 Å². The molecule has 1 aromatic carbocycles. The molecule has 0 heterocycles. The van der Waals surface area contributed by atoms with Gasteiger partial charge in [0.25, 0.3) is 0 Å². The lowest BCUT2D eigenvalue weighted by Gasteiger charge is -2.39. The van der Waals surface area contributed by atoms with Gasteiger partial charge in [0.1, 0.15) is 0 Å². The smallest absolute Gasteiger partial charge is 0.227 e. The summed E-state index contributed by atoms with van der Waals surface area (Å²) in [7, 11) is 0. The van der Waals surface area contributed by atoms with E-state index in [1.54, 1.807) is 0 Å². The summed E-state index contributed by atoms with van der Waals surface area (Å²) in [6.07, 6.45) is 3.18. The average Bonchev–Trinajstić information content (AvgIpc) is 2.33. The highest BCUT2D eigenvalue weighted by Crippen LogP contribution is 2.39. The lowest BCUT2D eigenvalue weighted by molar-refractivity contribution is -0.135. The zero-order valence-corrected chi connectivity index (χ0v) is 10.7. The molecule has 0 radical (unpaired) electrons. The van der Waals surface area contributed by atoms with Crippen molar-refractivity contribution in [3.8, 4) is 0 Å². The average molecular weight is 268 g/mol. The van der Waals surface area contributed by atoms with Crippen LogP contribution in [0.25, 0.3) is 0 Å². The van der Waals surface area contributed by atoms with Crippen molar-refractivity contribution in [2.24, 2.45) is 11.1 Å². The third kappa shape index (κ3) is 2.92. The van der Waals surface area contributed by atoms with Gasteiger partial charge >= 0.3 is 0 Å². The number of hydrogen-bond acceptors (Lipinski definition) is 2. The number of carbonyl (C=O) groups excluding carboxylic acids is 1. The molecular formula is C14H18F2N2O. The molecule has 0 saturated heterocycles. The maximum Gasteiger partial charge on any atom is 0.227 e. The highest BCUT2D eigenvalue weighted by atomic mass is 19.2. The van der Waals surface area contributed by atoms with Gasteiger partial charge in [-0.1, -0.05) is 12.5 Å². The number of rotatable bonds is 5. The largest absolute Gasteiger partial charge is 0.355 e. The van der Waals surface area contributed by atoms with E-state index in [2.05, 4.69) is 5.32 Å². The van der Waals surface area contributed by atoms with E-state index in [1.807, 2.05) is 0 Å². The summed E-state index contributed by atoms with van der Waals surface area (Å²) in [4.78, 5) is 12.0. The van der Waals surface area contributed by atoms with Crippen LogP contribution in [0.2, 0.25) is 0 Å². The Morgan fingerprint density at radius 1 is 1.32 bits per heavy atom. The molecule has 1 saturated carbocycles. The van der Waals surface area contributed by atoms with Crippen molar-refractivity contribution >= 4 is 5.91 Å². The van der Waals surface area contributed by atoms with Crippen molar-refractivity contribution in [1.29, 1.82) is 0 Å². The molecule has 19 heavy (non-hydrogen) atoms. The Hall–Kier alpha value is -1.49. The van der Waals surface area contributed by atoms with E-state index in [4.69, 9.17) is 5.73 Å². The second kappa shape index (κ2) is 5.65. The number of halogens is 2. The first-order chi connectivity index (χ1) is 9.07. The molecule has 3 N–H and O–H groups in total. The second-order valence-electron chi connectivity index (χ2n) is 5.09. The Morgan fingerprint density at radius 2 is 2.05 bits per heavy atom. The van der Waals surface area contributed by atoms with Crippen LogP contribution in [0.5, 0.6) is 0 Å². The van der Waals surface area contributed by atoms with E-state index in [0.717, 1.165) is 31.4 Å². The Morgan fingerprint density at radius 3 is 2.58 bits per heavy atom. The molecule has 0 aromatic heterocycles. The summed E-state index contributed by atoms with van der Waals surface area (Å²) in [6.45, 7) is 0.773. The van der Waals surface area contributed by atoms with Crippen LogP contribution in [0.1, 0.15) is 24.8 Å². The van der Waals surface area contributed by atoms with Crippen LogP contribution < -0.4 is 11.1 Å². The zero-order chi connectivity index (χ0) is 13.9. The first-order valence-corrected chi connectivity index (χ1v) is 6.50. The van der Waals surface area contributed by atoms with E-state index in [0.29, 0.717) is 25.1 Å². The summed E-state index contributed by atoms with van der Waals surface area (Å²) in [6, 6.07) is 3.77. The molecule has 3 nitrogen and oxygen atoms in total. The van der Waals surface area contributed by atoms with Crippen LogP contribution in [0.4, 0.5) is 8.78 Å². The van der Waals surface area contributed by atoms with Gasteiger partial charge in [-0.25, -0.2) is 8.78 Å². The maximum atomic E-state index is 13.0. The normalized spacial score (nSPS) is 16.8. The highest BCUT2D eigenvalue weighted by molar-refractivity contribution is 5.83. The topological polar surface area (TPSA) is 55.1 Å². The fourth-order valence-corrected chi connectivity index (χ4v) is 2.33. The molecule has 0 unspecified atom stereocenters. The van der Waals surface area contributed by atoms with E-state index < -0.39 is 17.0 Å². The quantitative estimate of drug-likeness (QED) is 0.855. The molecule has 1 aliphatic rings. The number of nitrogens with one attached hydrogen (secondary N) is 1. The molecule has 1 amide bonds. The molecule has 2 rings (SSSR count). The standard InChI is InChI=1S/C14H18F2N2O/c15-11-3-2-10(8-12(11)16)4-7-18-13(19)14(9-17)5-1-6-14/h2-3,8H,1,4-7,9,17H2,(H,18,19). The minimum atomic E-state index is -0.860. The molecule has 0 aliphatic heterocycles. The predicted octanol–water partition coefficient (Wildman–Crippen LogP) is 1.75. The van der Waals surface area contributed by atoms with Gasteiger partial charge in [0.05, 0.1) is 5.41 Å². The molecule has 0 atom stereocenters. The van der Waals surface area contributed by atoms with Crippen molar-refractivity contribution in [1.82, 2.24) is 5.32 Å². The Kier molecular flexibility index (Phi) is 4.14. The Bertz CT molecular complexity index is 467. The SMILES string of the molecule is NCC1(C(=O)NCCc2ccc(F)c(F)c2)CCC1. The summed E-state index contributed by atoms with van der Waals surface area (Å²) in [5.41, 5.74) is 5.90. The molecule has 1 aliphatic carbocycles. The van der Waals surface area contributed by atoms with Gasteiger partial charge in [0.15, 0.2) is 11.6 Å². The predicted molar refractivity (Wildman–Crippen MR) is 68.4 cm³/mol. The van der Waals surface area contributed by atoms with Crippen LogP contribution in [0.15, 0.2) is 18.2 Å². The molecule has 1 fully saturated rings. The monoisotopic (exact) mass is 268 g/mol. The molecule has 0 bridgehead atoms. The van der Waals surface area contributed by atoms with Gasteiger partial charge in [-0.3, -0.25) is 4.79 Å². The second-order valence-corrected chi connectivity index (χ2v) is 5.09. The third-order valence-corrected chi connectivity index (χ3v) is 3.87. The van der Waals surface area contributed by atoms with Crippen LogP contribution in [-0.4, -0.2) is 19.0 Å². The first-order valence-electron chi connectivity index (χ1n) is 6.50. The van der Waals surface area contributed by atoms with Crippen molar-refractivity contribution in [3.05, 3.63) is 35.4 Å². The number of nitrogens with two attached hydrogens (primary N) is 1. The van der Waals surface area contributed by atoms with Crippen LogP contribution in [0.3, 0.4) is 0 Å². The van der Waals surface area contributed by atoms with Gasteiger partial charge in [-0.15, -0.1) is 0 Å². The van der Waals surface area contributed by atoms with Gasteiger partial charge in [-0.2, -0.15) is 0 Å². The van der Waals surface area contributed by atoms with Crippen molar-refractivity contribution < 1.29 is 13.6 Å². The zero-order valence-electron chi connectivity index (χ0n) is 10.7. The van der Waals surface area contributed by atoms with Crippen LogP contribution in [0, 0.1) is 17.0 Å². The molecular weight excluding hydrogens is 250 g/mol. The summed E-state index contributed by atoms with van der Waals surface area (Å²) < 4.78 is 25.7.